The van der Waals surface area contributed by atoms with Gasteiger partial charge in [-0.05, 0) is 24.6 Å². The van der Waals surface area contributed by atoms with Crippen molar-refractivity contribution in [1.29, 1.82) is 0 Å². The van der Waals surface area contributed by atoms with E-state index < -0.39 is 17.8 Å². The fourth-order valence-corrected chi connectivity index (χ4v) is 2.33. The number of β-amino-alcohol motifs (C(OH)–C–C–N with tert-alkyl or cyclic N) is 1. The highest BCUT2D eigenvalue weighted by Gasteiger charge is 2.36. The summed E-state index contributed by atoms with van der Waals surface area (Å²) in [5, 5.41) is 9.38. The van der Waals surface area contributed by atoms with E-state index in [9.17, 15) is 18.3 Å². The molecule has 1 aliphatic heterocycles. The molecule has 0 saturated carbocycles. The topological polar surface area (TPSA) is 23.5 Å². The fourth-order valence-electron chi connectivity index (χ4n) is 1.97. The number of nitrogens with zero attached hydrogens (tertiary/aromatic N) is 1. The lowest BCUT2D eigenvalue weighted by Crippen LogP contribution is -2.24. The van der Waals surface area contributed by atoms with Crippen LogP contribution in [0, 0.1) is 0 Å². The van der Waals surface area contributed by atoms with Crippen LogP contribution in [0.2, 0.25) is 0 Å². The Morgan fingerprint density at radius 1 is 1.35 bits per heavy atom. The highest BCUT2D eigenvalue weighted by molar-refractivity contribution is 9.10. The van der Waals surface area contributed by atoms with Crippen LogP contribution >= 0.6 is 15.9 Å². The van der Waals surface area contributed by atoms with Crippen molar-refractivity contribution in [3.63, 3.8) is 0 Å². The molecule has 1 aromatic carbocycles. The van der Waals surface area contributed by atoms with Crippen molar-refractivity contribution in [2.75, 3.05) is 18.0 Å². The van der Waals surface area contributed by atoms with E-state index in [1.54, 1.807) is 11.0 Å². The molecule has 1 saturated heterocycles. The normalized spacial score (nSPS) is 21.0. The van der Waals surface area contributed by atoms with Crippen LogP contribution in [0.4, 0.5) is 18.9 Å². The number of aliphatic hydroxyl groups is 1. The second-order valence-corrected chi connectivity index (χ2v) is 4.96. The van der Waals surface area contributed by atoms with Gasteiger partial charge in [0.05, 0.1) is 11.7 Å². The van der Waals surface area contributed by atoms with Crippen molar-refractivity contribution in [2.24, 2.45) is 0 Å². The predicted octanol–water partition coefficient (Wildman–Crippen LogP) is 3.04. The maximum atomic E-state index is 12.9. The Morgan fingerprint density at radius 2 is 2.06 bits per heavy atom. The highest BCUT2D eigenvalue weighted by atomic mass is 79.9. The number of halogens is 4. The van der Waals surface area contributed by atoms with Gasteiger partial charge in [0.1, 0.15) is 0 Å². The largest absolute Gasteiger partial charge is 0.418 e. The molecule has 6 heteroatoms. The van der Waals surface area contributed by atoms with Gasteiger partial charge in [-0.15, -0.1) is 0 Å². The molecule has 94 valence electrons. The summed E-state index contributed by atoms with van der Waals surface area (Å²) in [7, 11) is 0. The lowest BCUT2D eigenvalue weighted by atomic mass is 10.1. The zero-order valence-electron chi connectivity index (χ0n) is 8.84. The van der Waals surface area contributed by atoms with Crippen molar-refractivity contribution in [3.8, 4) is 0 Å². The summed E-state index contributed by atoms with van der Waals surface area (Å²) in [6, 6.07) is 4.08. The number of anilines is 1. The van der Waals surface area contributed by atoms with E-state index in [0.29, 0.717) is 17.4 Å². The van der Waals surface area contributed by atoms with Gasteiger partial charge >= 0.3 is 6.18 Å². The number of hydrogen-bond donors (Lipinski definition) is 1. The minimum atomic E-state index is -4.38. The van der Waals surface area contributed by atoms with Gasteiger partial charge in [-0.3, -0.25) is 0 Å². The zero-order valence-corrected chi connectivity index (χ0v) is 10.4. The molecule has 2 nitrogen and oxygen atoms in total. The molecule has 0 radical (unpaired) electrons. The van der Waals surface area contributed by atoms with Crippen LogP contribution in [0.25, 0.3) is 0 Å². The Balaban J connectivity index is 2.39. The number of rotatable bonds is 1. The minimum absolute atomic E-state index is 0.136. The van der Waals surface area contributed by atoms with Gasteiger partial charge < -0.3 is 10.0 Å². The molecule has 0 bridgehead atoms. The summed E-state index contributed by atoms with van der Waals surface area (Å²) in [5.74, 6) is 0. The molecule has 1 aliphatic rings. The number of alkyl halides is 3. The summed E-state index contributed by atoms with van der Waals surface area (Å²) in [5.41, 5.74) is -0.529. The fraction of sp³-hybridized carbons (Fsp3) is 0.455. The first-order chi connectivity index (χ1) is 7.88. The first kappa shape index (κ1) is 12.7. The molecular formula is C11H11BrF3NO. The molecule has 0 aliphatic carbocycles. The second-order valence-electron chi connectivity index (χ2n) is 4.05. The van der Waals surface area contributed by atoms with E-state index in [0.717, 1.165) is 6.07 Å². The van der Waals surface area contributed by atoms with Crippen LogP contribution in [0.15, 0.2) is 22.7 Å². The van der Waals surface area contributed by atoms with Gasteiger partial charge in [0.15, 0.2) is 0 Å². The molecule has 1 fully saturated rings. The molecule has 1 heterocycles. The Kier molecular flexibility index (Phi) is 3.36. The van der Waals surface area contributed by atoms with Gasteiger partial charge in [-0.1, -0.05) is 15.9 Å². The standard InChI is InChI=1S/C11H11BrF3NO/c12-7-1-2-10(9(5-7)11(13,14)15)16-4-3-8(17)6-16/h1-2,5,8,17H,3-4,6H2/t8-/m0/s1. The summed E-state index contributed by atoms with van der Waals surface area (Å²) < 4.78 is 39.0. The Bertz CT molecular complexity index is 422. The molecule has 0 unspecified atom stereocenters. The maximum Gasteiger partial charge on any atom is 0.418 e. The summed E-state index contributed by atoms with van der Waals surface area (Å²) in [4.78, 5) is 1.57. The van der Waals surface area contributed by atoms with Crippen molar-refractivity contribution < 1.29 is 18.3 Å². The van der Waals surface area contributed by atoms with E-state index in [4.69, 9.17) is 0 Å². The molecule has 2 rings (SSSR count). The first-order valence-corrected chi connectivity index (χ1v) is 5.97. The smallest absolute Gasteiger partial charge is 0.391 e. The van der Waals surface area contributed by atoms with Gasteiger partial charge in [-0.2, -0.15) is 13.2 Å². The lowest BCUT2D eigenvalue weighted by molar-refractivity contribution is -0.137. The lowest BCUT2D eigenvalue weighted by Gasteiger charge is -2.22. The monoisotopic (exact) mass is 309 g/mol. The van der Waals surface area contributed by atoms with Crippen LogP contribution < -0.4 is 4.90 Å². The summed E-state index contributed by atoms with van der Waals surface area (Å²) >= 11 is 3.04. The van der Waals surface area contributed by atoms with E-state index in [1.807, 2.05) is 0 Å². The minimum Gasteiger partial charge on any atom is -0.391 e. The van der Waals surface area contributed by atoms with E-state index in [-0.39, 0.29) is 12.2 Å². The third-order valence-electron chi connectivity index (χ3n) is 2.77. The Morgan fingerprint density at radius 3 is 2.59 bits per heavy atom. The number of hydrogen-bond acceptors (Lipinski definition) is 2. The van der Waals surface area contributed by atoms with Crippen LogP contribution in [0.5, 0.6) is 0 Å². The van der Waals surface area contributed by atoms with Gasteiger partial charge in [-0.25, -0.2) is 0 Å². The molecule has 0 aromatic heterocycles. The molecule has 1 aromatic rings. The van der Waals surface area contributed by atoms with Crippen LogP contribution in [0.3, 0.4) is 0 Å². The second kappa shape index (κ2) is 4.49. The molecule has 1 atom stereocenters. The molecule has 0 amide bonds. The third kappa shape index (κ3) is 2.74. The van der Waals surface area contributed by atoms with Crippen LogP contribution in [-0.4, -0.2) is 24.3 Å². The van der Waals surface area contributed by atoms with Crippen molar-refractivity contribution in [2.45, 2.75) is 18.7 Å². The average molecular weight is 310 g/mol. The molecule has 1 N–H and O–H groups in total. The SMILES string of the molecule is O[C@H]1CCN(c2ccc(Br)cc2C(F)(F)F)C1. The number of aliphatic hydroxyl groups excluding tert-OH is 1. The van der Waals surface area contributed by atoms with Crippen molar-refractivity contribution in [3.05, 3.63) is 28.2 Å². The average Bonchev–Trinajstić information content (AvgIpc) is 2.63. The highest BCUT2D eigenvalue weighted by Crippen LogP contribution is 2.39. The van der Waals surface area contributed by atoms with E-state index >= 15 is 0 Å². The number of benzene rings is 1. The maximum absolute atomic E-state index is 12.9. The Hall–Kier alpha value is -0.750. The van der Waals surface area contributed by atoms with Crippen molar-refractivity contribution >= 4 is 21.6 Å². The summed E-state index contributed by atoms with van der Waals surface area (Å²) in [6.45, 7) is 0.705. The van der Waals surface area contributed by atoms with E-state index in [1.165, 1.54) is 6.07 Å². The van der Waals surface area contributed by atoms with Gasteiger partial charge in [0.2, 0.25) is 0 Å². The molecule has 17 heavy (non-hydrogen) atoms. The van der Waals surface area contributed by atoms with Gasteiger partial charge in [0, 0.05) is 23.2 Å². The third-order valence-corrected chi connectivity index (χ3v) is 3.26. The Labute approximate surface area is 105 Å². The van der Waals surface area contributed by atoms with Crippen LogP contribution in [-0.2, 0) is 6.18 Å². The zero-order chi connectivity index (χ0) is 12.6. The predicted molar refractivity (Wildman–Crippen MR) is 62.0 cm³/mol. The van der Waals surface area contributed by atoms with Gasteiger partial charge in [0.25, 0.3) is 0 Å². The first-order valence-electron chi connectivity index (χ1n) is 5.17. The molecule has 0 spiro atoms. The van der Waals surface area contributed by atoms with Crippen molar-refractivity contribution in [1.82, 2.24) is 0 Å². The van der Waals surface area contributed by atoms with Crippen LogP contribution in [0.1, 0.15) is 12.0 Å². The molecular weight excluding hydrogens is 299 g/mol. The quantitative estimate of drug-likeness (QED) is 0.862. The summed E-state index contributed by atoms with van der Waals surface area (Å²) in [6.07, 6.45) is -4.42. The van der Waals surface area contributed by atoms with E-state index in [2.05, 4.69) is 15.9 Å².